The number of nitrogens with zero attached hydrogens (tertiary/aromatic N) is 1. The highest BCUT2D eigenvalue weighted by atomic mass is 32.2. The Morgan fingerprint density at radius 2 is 2.05 bits per heavy atom. The van der Waals surface area contributed by atoms with Crippen molar-refractivity contribution < 1.29 is 27.9 Å². The molecule has 0 aromatic heterocycles. The number of hydrogen-bond acceptors (Lipinski definition) is 5. The van der Waals surface area contributed by atoms with Crippen molar-refractivity contribution in [2.24, 2.45) is 0 Å². The van der Waals surface area contributed by atoms with Gasteiger partial charge in [-0.05, 0) is 31.5 Å². The van der Waals surface area contributed by atoms with E-state index in [2.05, 4.69) is 5.32 Å². The average molecular weight is 328 g/mol. The molecule has 1 heterocycles. The largest absolute Gasteiger partial charge is 0.476 e. The molecule has 1 aromatic carbocycles. The first-order chi connectivity index (χ1) is 10.0. The third-order valence-corrected chi connectivity index (χ3v) is 4.23. The van der Waals surface area contributed by atoms with Gasteiger partial charge in [0.15, 0.2) is 5.60 Å². The molecule has 0 unspecified atom stereocenters. The molecule has 0 aliphatic carbocycles. The Bertz CT molecular complexity index is 741. The highest BCUT2D eigenvalue weighted by molar-refractivity contribution is 7.88. The van der Waals surface area contributed by atoms with Gasteiger partial charge in [-0.2, -0.15) is 0 Å². The maximum Gasteiger partial charge on any atom is 0.421 e. The van der Waals surface area contributed by atoms with Crippen LogP contribution in [-0.2, 0) is 21.4 Å². The predicted octanol–water partition coefficient (Wildman–Crippen LogP) is 1.24. The standard InChI is InChI=1S/C13H16N2O6S/c1-13(2)11(16)14-9-5-4-8(6-10(9)21-13)7-15(12(17)18)22(3,19)20/h4-6H,7H2,1-3H3,(H,14,16)(H,17,18). The number of nitrogens with one attached hydrogen (secondary N) is 1. The second-order valence-electron chi connectivity index (χ2n) is 5.45. The van der Waals surface area contributed by atoms with Crippen LogP contribution in [0.25, 0.3) is 0 Å². The summed E-state index contributed by atoms with van der Waals surface area (Å²) in [7, 11) is -3.89. The molecule has 1 aliphatic rings. The molecule has 1 aliphatic heterocycles. The number of carbonyl (C=O) groups excluding carboxylic acids is 1. The molecule has 9 heteroatoms. The Kier molecular flexibility index (Phi) is 3.78. The number of benzene rings is 1. The Morgan fingerprint density at radius 1 is 1.41 bits per heavy atom. The highest BCUT2D eigenvalue weighted by Gasteiger charge is 2.35. The summed E-state index contributed by atoms with van der Waals surface area (Å²) in [6.45, 7) is 2.86. The van der Waals surface area contributed by atoms with Crippen LogP contribution >= 0.6 is 0 Å². The van der Waals surface area contributed by atoms with Gasteiger partial charge in [0.2, 0.25) is 10.0 Å². The third-order valence-electron chi connectivity index (χ3n) is 3.15. The van der Waals surface area contributed by atoms with Gasteiger partial charge in [-0.15, -0.1) is 0 Å². The molecular formula is C13H16N2O6S. The number of ether oxygens (including phenoxy) is 1. The molecule has 0 bridgehead atoms. The zero-order valence-corrected chi connectivity index (χ0v) is 13.1. The lowest BCUT2D eigenvalue weighted by Gasteiger charge is -2.32. The van der Waals surface area contributed by atoms with Crippen molar-refractivity contribution in [3.8, 4) is 5.75 Å². The summed E-state index contributed by atoms with van der Waals surface area (Å²) in [6.07, 6.45) is -0.742. The van der Waals surface area contributed by atoms with Gasteiger partial charge in [0.05, 0.1) is 18.5 Å². The summed E-state index contributed by atoms with van der Waals surface area (Å²) in [5, 5.41) is 11.7. The van der Waals surface area contributed by atoms with E-state index in [1.54, 1.807) is 19.9 Å². The van der Waals surface area contributed by atoms with Crippen molar-refractivity contribution in [2.45, 2.75) is 26.0 Å². The maximum absolute atomic E-state index is 11.8. The highest BCUT2D eigenvalue weighted by Crippen LogP contribution is 2.34. The van der Waals surface area contributed by atoms with E-state index in [0.29, 0.717) is 21.3 Å². The minimum atomic E-state index is -3.89. The Labute approximate surface area is 127 Å². The number of hydrogen-bond donors (Lipinski definition) is 2. The Morgan fingerprint density at radius 3 is 2.59 bits per heavy atom. The van der Waals surface area contributed by atoms with Crippen LogP contribution in [0.3, 0.4) is 0 Å². The fourth-order valence-electron chi connectivity index (χ4n) is 1.94. The molecule has 1 aromatic rings. The van der Waals surface area contributed by atoms with Crippen LogP contribution in [0, 0.1) is 0 Å². The number of fused-ring (bicyclic) bond motifs is 1. The van der Waals surface area contributed by atoms with Crippen LogP contribution < -0.4 is 10.1 Å². The number of sulfonamides is 1. The van der Waals surface area contributed by atoms with Gasteiger partial charge >= 0.3 is 6.09 Å². The first-order valence-corrected chi connectivity index (χ1v) is 8.19. The summed E-state index contributed by atoms with van der Waals surface area (Å²) < 4.78 is 28.8. The molecule has 0 spiro atoms. The van der Waals surface area contributed by atoms with Crippen LogP contribution in [-0.4, -0.2) is 41.7 Å². The zero-order chi connectivity index (χ0) is 16.7. The van der Waals surface area contributed by atoms with Crippen molar-refractivity contribution in [3.05, 3.63) is 23.8 Å². The molecule has 0 saturated carbocycles. The van der Waals surface area contributed by atoms with E-state index < -0.39 is 21.7 Å². The minimum absolute atomic E-state index is 0.295. The van der Waals surface area contributed by atoms with E-state index >= 15 is 0 Å². The maximum atomic E-state index is 11.8. The molecule has 0 saturated heterocycles. The number of amides is 2. The fourth-order valence-corrected chi connectivity index (χ4v) is 2.61. The van der Waals surface area contributed by atoms with Gasteiger partial charge in [-0.3, -0.25) is 4.79 Å². The Hall–Kier alpha value is -2.29. The van der Waals surface area contributed by atoms with Gasteiger partial charge in [0.25, 0.3) is 5.91 Å². The average Bonchev–Trinajstić information content (AvgIpc) is 2.35. The van der Waals surface area contributed by atoms with Gasteiger partial charge in [0, 0.05) is 0 Å². The van der Waals surface area contributed by atoms with Crippen LogP contribution in [0.2, 0.25) is 0 Å². The van der Waals surface area contributed by atoms with Gasteiger partial charge < -0.3 is 15.2 Å². The molecule has 0 fully saturated rings. The molecule has 2 rings (SSSR count). The smallest absolute Gasteiger partial charge is 0.421 e. The van der Waals surface area contributed by atoms with E-state index in [9.17, 15) is 18.0 Å². The molecule has 22 heavy (non-hydrogen) atoms. The van der Waals surface area contributed by atoms with Crippen molar-refractivity contribution >= 4 is 27.7 Å². The molecule has 8 nitrogen and oxygen atoms in total. The van der Waals surface area contributed by atoms with Gasteiger partial charge in [0.1, 0.15) is 5.75 Å². The molecular weight excluding hydrogens is 312 g/mol. The Balaban J connectivity index is 2.33. The fraction of sp³-hybridized carbons (Fsp3) is 0.385. The lowest BCUT2D eigenvalue weighted by molar-refractivity contribution is -0.129. The van der Waals surface area contributed by atoms with Gasteiger partial charge in [-0.1, -0.05) is 6.07 Å². The number of rotatable bonds is 3. The van der Waals surface area contributed by atoms with E-state index in [1.165, 1.54) is 12.1 Å². The van der Waals surface area contributed by atoms with Crippen molar-refractivity contribution in [1.82, 2.24) is 4.31 Å². The predicted molar refractivity (Wildman–Crippen MR) is 78.2 cm³/mol. The SMILES string of the molecule is CC1(C)Oc2cc(CN(C(=O)O)S(C)(=O)=O)ccc2NC1=O. The normalized spacial score (nSPS) is 16.2. The summed E-state index contributed by atoms with van der Waals surface area (Å²) in [4.78, 5) is 22.8. The third kappa shape index (κ3) is 3.14. The minimum Gasteiger partial charge on any atom is -0.476 e. The van der Waals surface area contributed by atoms with Gasteiger partial charge in [-0.25, -0.2) is 17.5 Å². The van der Waals surface area contributed by atoms with Crippen LogP contribution in [0.4, 0.5) is 10.5 Å². The van der Waals surface area contributed by atoms with Crippen molar-refractivity contribution in [3.63, 3.8) is 0 Å². The molecule has 0 radical (unpaired) electrons. The molecule has 2 N–H and O–H groups in total. The topological polar surface area (TPSA) is 113 Å². The second kappa shape index (κ2) is 5.16. The van der Waals surface area contributed by atoms with Crippen molar-refractivity contribution in [2.75, 3.05) is 11.6 Å². The number of carboxylic acid groups (broad SMARTS) is 1. The summed E-state index contributed by atoms with van der Waals surface area (Å²) in [5.74, 6) is 0.0667. The quantitative estimate of drug-likeness (QED) is 0.863. The van der Waals surface area contributed by atoms with E-state index in [4.69, 9.17) is 9.84 Å². The summed E-state index contributed by atoms with van der Waals surface area (Å²) in [5.41, 5.74) is -0.178. The molecule has 120 valence electrons. The van der Waals surface area contributed by atoms with Crippen LogP contribution in [0.1, 0.15) is 19.4 Å². The summed E-state index contributed by atoms with van der Waals surface area (Å²) >= 11 is 0. The molecule has 2 amide bonds. The van der Waals surface area contributed by atoms with Crippen molar-refractivity contribution in [1.29, 1.82) is 0 Å². The van der Waals surface area contributed by atoms with E-state index in [0.717, 1.165) is 6.26 Å². The number of carbonyl (C=O) groups is 2. The zero-order valence-electron chi connectivity index (χ0n) is 12.3. The van der Waals surface area contributed by atoms with E-state index in [1.807, 2.05) is 0 Å². The molecule has 0 atom stereocenters. The van der Waals surface area contributed by atoms with Crippen LogP contribution in [0.5, 0.6) is 5.75 Å². The monoisotopic (exact) mass is 328 g/mol. The lowest BCUT2D eigenvalue weighted by atomic mass is 10.1. The first kappa shape index (κ1) is 16.1. The van der Waals surface area contributed by atoms with Crippen LogP contribution in [0.15, 0.2) is 18.2 Å². The second-order valence-corrected chi connectivity index (χ2v) is 7.36. The van der Waals surface area contributed by atoms with E-state index in [-0.39, 0.29) is 12.5 Å². The summed E-state index contributed by atoms with van der Waals surface area (Å²) in [6, 6.07) is 4.58. The number of anilines is 1. The lowest BCUT2D eigenvalue weighted by Crippen LogP contribution is -2.45. The first-order valence-electron chi connectivity index (χ1n) is 6.35.